The molecule has 0 unspecified atom stereocenters. The molecular weight excluding hydrogens is 322 g/mol. The second-order valence-electron chi connectivity index (χ2n) is 4.20. The topological polar surface area (TPSA) is 29.1 Å². The maximum absolute atomic E-state index is 12.1. The Labute approximate surface area is 125 Å². The Morgan fingerprint density at radius 3 is 2.42 bits per heavy atom. The zero-order valence-corrected chi connectivity index (χ0v) is 13.1. The Balaban J connectivity index is 2.15. The van der Waals surface area contributed by atoms with Crippen LogP contribution in [0.2, 0.25) is 0 Å². The number of anilines is 1. The van der Waals surface area contributed by atoms with Gasteiger partial charge in [0.1, 0.15) is 0 Å². The highest BCUT2D eigenvalue weighted by molar-refractivity contribution is 9.10. The van der Waals surface area contributed by atoms with Crippen LogP contribution in [0.25, 0.3) is 0 Å². The van der Waals surface area contributed by atoms with Crippen LogP contribution in [0.4, 0.5) is 5.69 Å². The Morgan fingerprint density at radius 1 is 1.16 bits per heavy atom. The first-order chi connectivity index (χ1) is 9.08. The number of hydrogen-bond acceptors (Lipinski definition) is 2. The monoisotopic (exact) mass is 335 g/mol. The van der Waals surface area contributed by atoms with Crippen molar-refractivity contribution in [1.82, 2.24) is 0 Å². The predicted octanol–water partition coefficient (Wildman–Crippen LogP) is 4.73. The zero-order chi connectivity index (χ0) is 13.8. The normalized spacial score (nSPS) is 10.3. The van der Waals surface area contributed by atoms with E-state index in [1.165, 1.54) is 4.90 Å². The molecule has 19 heavy (non-hydrogen) atoms. The van der Waals surface area contributed by atoms with Crippen LogP contribution in [0.1, 0.15) is 15.9 Å². The van der Waals surface area contributed by atoms with Crippen LogP contribution < -0.4 is 5.32 Å². The molecule has 2 aromatic rings. The van der Waals surface area contributed by atoms with Crippen molar-refractivity contribution in [2.45, 2.75) is 11.8 Å². The Hall–Kier alpha value is -1.26. The van der Waals surface area contributed by atoms with Gasteiger partial charge in [-0.25, -0.2) is 0 Å². The lowest BCUT2D eigenvalue weighted by molar-refractivity contribution is 0.102. The average Bonchev–Trinajstić information content (AvgIpc) is 2.38. The number of benzene rings is 2. The van der Waals surface area contributed by atoms with Crippen LogP contribution in [0.3, 0.4) is 0 Å². The molecule has 0 fully saturated rings. The third kappa shape index (κ3) is 3.85. The number of nitrogens with one attached hydrogen (secondary N) is 1. The van der Waals surface area contributed by atoms with Crippen LogP contribution in [-0.4, -0.2) is 12.2 Å². The van der Waals surface area contributed by atoms with E-state index in [2.05, 4.69) is 21.2 Å². The van der Waals surface area contributed by atoms with Gasteiger partial charge in [-0.05, 0) is 61.2 Å². The summed E-state index contributed by atoms with van der Waals surface area (Å²) in [6.07, 6.45) is 2.03. The van der Waals surface area contributed by atoms with E-state index in [1.807, 2.05) is 55.6 Å². The second kappa shape index (κ2) is 6.26. The van der Waals surface area contributed by atoms with Crippen molar-refractivity contribution < 1.29 is 4.79 Å². The van der Waals surface area contributed by atoms with Crippen LogP contribution in [0.5, 0.6) is 0 Å². The minimum atomic E-state index is -0.0960. The van der Waals surface area contributed by atoms with E-state index in [1.54, 1.807) is 11.8 Å². The van der Waals surface area contributed by atoms with Crippen molar-refractivity contribution in [1.29, 1.82) is 0 Å². The standard InChI is InChI=1S/C15H14BrNOS/c1-10-7-11(9-12(16)8-10)15(18)17-13-3-5-14(19-2)6-4-13/h3-9H,1-2H3,(H,17,18). The molecule has 0 aliphatic rings. The number of rotatable bonds is 3. The van der Waals surface area contributed by atoms with Gasteiger partial charge >= 0.3 is 0 Å². The average molecular weight is 336 g/mol. The molecule has 2 aromatic carbocycles. The zero-order valence-electron chi connectivity index (χ0n) is 10.7. The molecule has 0 atom stereocenters. The van der Waals surface area contributed by atoms with Gasteiger partial charge in [-0.3, -0.25) is 4.79 Å². The van der Waals surface area contributed by atoms with Crippen molar-refractivity contribution in [3.05, 3.63) is 58.1 Å². The minimum absolute atomic E-state index is 0.0960. The molecule has 2 rings (SSSR count). The first kappa shape index (κ1) is 14.2. The van der Waals surface area contributed by atoms with E-state index in [0.29, 0.717) is 5.56 Å². The summed E-state index contributed by atoms with van der Waals surface area (Å²) < 4.78 is 0.912. The summed E-state index contributed by atoms with van der Waals surface area (Å²) in [5.41, 5.74) is 2.51. The van der Waals surface area contributed by atoms with Crippen LogP contribution in [-0.2, 0) is 0 Å². The lowest BCUT2D eigenvalue weighted by Gasteiger charge is -2.07. The van der Waals surface area contributed by atoms with Gasteiger partial charge in [0.05, 0.1) is 0 Å². The largest absolute Gasteiger partial charge is 0.322 e. The number of amides is 1. The number of hydrogen-bond donors (Lipinski definition) is 1. The molecule has 0 heterocycles. The fourth-order valence-electron chi connectivity index (χ4n) is 1.75. The van der Waals surface area contributed by atoms with Gasteiger partial charge in [-0.1, -0.05) is 15.9 Å². The SMILES string of the molecule is CSc1ccc(NC(=O)c2cc(C)cc(Br)c2)cc1. The molecular formula is C15H14BrNOS. The highest BCUT2D eigenvalue weighted by atomic mass is 79.9. The first-order valence-electron chi connectivity index (χ1n) is 5.81. The first-order valence-corrected chi connectivity index (χ1v) is 7.83. The summed E-state index contributed by atoms with van der Waals surface area (Å²) in [4.78, 5) is 13.3. The van der Waals surface area contributed by atoms with E-state index >= 15 is 0 Å². The third-order valence-electron chi connectivity index (χ3n) is 2.65. The molecule has 98 valence electrons. The van der Waals surface area contributed by atoms with Crippen molar-refractivity contribution in [2.75, 3.05) is 11.6 Å². The molecule has 2 nitrogen and oxygen atoms in total. The lowest BCUT2D eigenvalue weighted by atomic mass is 10.1. The van der Waals surface area contributed by atoms with Gasteiger partial charge in [0.15, 0.2) is 0 Å². The highest BCUT2D eigenvalue weighted by Crippen LogP contribution is 2.19. The van der Waals surface area contributed by atoms with E-state index in [-0.39, 0.29) is 5.91 Å². The smallest absolute Gasteiger partial charge is 0.255 e. The Kier molecular flexibility index (Phi) is 4.66. The minimum Gasteiger partial charge on any atom is -0.322 e. The van der Waals surface area contributed by atoms with E-state index in [9.17, 15) is 4.79 Å². The number of thioether (sulfide) groups is 1. The third-order valence-corrected chi connectivity index (χ3v) is 3.85. The van der Waals surface area contributed by atoms with E-state index in [4.69, 9.17) is 0 Å². The molecule has 0 aliphatic carbocycles. The van der Waals surface area contributed by atoms with Gasteiger partial charge in [-0.15, -0.1) is 11.8 Å². The summed E-state index contributed by atoms with van der Waals surface area (Å²) >= 11 is 5.08. The molecule has 1 N–H and O–H groups in total. The molecule has 0 bridgehead atoms. The second-order valence-corrected chi connectivity index (χ2v) is 6.00. The van der Waals surface area contributed by atoms with Crippen molar-refractivity contribution in [2.24, 2.45) is 0 Å². The highest BCUT2D eigenvalue weighted by Gasteiger charge is 2.07. The molecule has 4 heteroatoms. The fourth-order valence-corrected chi connectivity index (χ4v) is 2.76. The van der Waals surface area contributed by atoms with Gasteiger partial charge in [-0.2, -0.15) is 0 Å². The molecule has 1 amide bonds. The molecule has 0 aromatic heterocycles. The molecule has 0 spiro atoms. The van der Waals surface area contributed by atoms with Gasteiger partial charge < -0.3 is 5.32 Å². The number of aryl methyl sites for hydroxylation is 1. The quantitative estimate of drug-likeness (QED) is 0.821. The van der Waals surface area contributed by atoms with Crippen molar-refractivity contribution in [3.8, 4) is 0 Å². The summed E-state index contributed by atoms with van der Waals surface area (Å²) in [7, 11) is 0. The Morgan fingerprint density at radius 2 is 1.84 bits per heavy atom. The molecule has 0 aliphatic heterocycles. The van der Waals surface area contributed by atoms with Crippen LogP contribution in [0.15, 0.2) is 51.8 Å². The summed E-state index contributed by atoms with van der Waals surface area (Å²) in [5, 5.41) is 2.89. The summed E-state index contributed by atoms with van der Waals surface area (Å²) in [6.45, 7) is 1.97. The lowest BCUT2D eigenvalue weighted by Crippen LogP contribution is -2.12. The Bertz CT molecular complexity index is 575. The maximum atomic E-state index is 12.1. The number of halogens is 1. The van der Waals surface area contributed by atoms with Crippen molar-refractivity contribution in [3.63, 3.8) is 0 Å². The fraction of sp³-hybridized carbons (Fsp3) is 0.133. The summed E-state index contributed by atoms with van der Waals surface area (Å²) in [5.74, 6) is -0.0960. The van der Waals surface area contributed by atoms with Gasteiger partial charge in [0, 0.05) is 20.6 Å². The number of carbonyl (C=O) groups is 1. The van der Waals surface area contributed by atoms with Gasteiger partial charge in [0.25, 0.3) is 5.91 Å². The van der Waals surface area contributed by atoms with Crippen LogP contribution >= 0.6 is 27.7 Å². The molecule has 0 saturated carbocycles. The molecule has 0 saturated heterocycles. The summed E-state index contributed by atoms with van der Waals surface area (Å²) in [6, 6.07) is 13.5. The van der Waals surface area contributed by atoms with E-state index < -0.39 is 0 Å². The maximum Gasteiger partial charge on any atom is 0.255 e. The van der Waals surface area contributed by atoms with Crippen LogP contribution in [0, 0.1) is 6.92 Å². The van der Waals surface area contributed by atoms with Crippen molar-refractivity contribution >= 4 is 39.3 Å². The predicted molar refractivity (Wildman–Crippen MR) is 85.1 cm³/mol. The van der Waals surface area contributed by atoms with E-state index in [0.717, 1.165) is 15.7 Å². The number of carbonyl (C=O) groups excluding carboxylic acids is 1. The van der Waals surface area contributed by atoms with Gasteiger partial charge in [0.2, 0.25) is 0 Å². The molecule has 0 radical (unpaired) electrons.